The molecule has 0 unspecified atom stereocenters. The van der Waals surface area contributed by atoms with Crippen LogP contribution in [0.15, 0.2) is 48.5 Å². The first-order valence-electron chi connectivity index (χ1n) is 7.44. The van der Waals surface area contributed by atoms with Crippen molar-refractivity contribution in [3.63, 3.8) is 0 Å². The van der Waals surface area contributed by atoms with Crippen molar-refractivity contribution >= 4 is 27.4 Å². The third kappa shape index (κ3) is 4.73. The first-order valence-corrected chi connectivity index (χ1v) is 9.33. The van der Waals surface area contributed by atoms with Gasteiger partial charge in [0, 0.05) is 18.8 Å². The highest BCUT2D eigenvalue weighted by Crippen LogP contribution is 2.26. The summed E-state index contributed by atoms with van der Waals surface area (Å²) in [5, 5.41) is 9.50. The van der Waals surface area contributed by atoms with Gasteiger partial charge in [-0.2, -0.15) is 0 Å². The summed E-state index contributed by atoms with van der Waals surface area (Å²) in [6.45, 7) is 3.13. The Hall–Kier alpha value is -2.54. The van der Waals surface area contributed by atoms with E-state index in [0.29, 0.717) is 18.8 Å². The second-order valence-corrected chi connectivity index (χ2v) is 7.16. The Kier molecular flexibility index (Phi) is 5.46. The minimum absolute atomic E-state index is 0.0569. The van der Waals surface area contributed by atoms with Crippen molar-refractivity contribution in [1.29, 1.82) is 0 Å². The molecule has 0 aromatic heterocycles. The van der Waals surface area contributed by atoms with E-state index in [-0.39, 0.29) is 11.3 Å². The average molecular weight is 348 g/mol. The molecule has 0 radical (unpaired) electrons. The zero-order chi connectivity index (χ0) is 17.7. The SMILES string of the molecule is CCN(Cc1ccccc1)c1ccc(NS(C)(=O)=O)cc1C(=O)O. The number of anilines is 2. The lowest BCUT2D eigenvalue weighted by Crippen LogP contribution is -2.24. The second kappa shape index (κ2) is 7.35. The Morgan fingerprint density at radius 3 is 2.38 bits per heavy atom. The van der Waals surface area contributed by atoms with Crippen LogP contribution in [0.25, 0.3) is 0 Å². The molecule has 2 aromatic rings. The molecule has 7 heteroatoms. The average Bonchev–Trinajstić information content (AvgIpc) is 2.52. The number of hydrogen-bond donors (Lipinski definition) is 2. The summed E-state index contributed by atoms with van der Waals surface area (Å²) in [6.07, 6.45) is 1.02. The lowest BCUT2D eigenvalue weighted by molar-refractivity contribution is 0.0697. The van der Waals surface area contributed by atoms with E-state index in [1.54, 1.807) is 12.1 Å². The summed E-state index contributed by atoms with van der Waals surface area (Å²) in [5.74, 6) is -1.10. The third-order valence-corrected chi connectivity index (χ3v) is 4.08. The van der Waals surface area contributed by atoms with Gasteiger partial charge in [-0.1, -0.05) is 30.3 Å². The lowest BCUT2D eigenvalue weighted by Gasteiger charge is -2.25. The second-order valence-electron chi connectivity index (χ2n) is 5.41. The Balaban J connectivity index is 2.38. The molecule has 0 saturated carbocycles. The van der Waals surface area contributed by atoms with Crippen LogP contribution in [0.4, 0.5) is 11.4 Å². The summed E-state index contributed by atoms with van der Waals surface area (Å²) in [7, 11) is -3.46. The molecule has 0 saturated heterocycles. The fourth-order valence-electron chi connectivity index (χ4n) is 2.43. The maximum Gasteiger partial charge on any atom is 0.337 e. The molecule has 0 heterocycles. The van der Waals surface area contributed by atoms with Gasteiger partial charge in [0.2, 0.25) is 10.0 Å². The molecule has 2 rings (SSSR count). The fraction of sp³-hybridized carbons (Fsp3) is 0.235. The van der Waals surface area contributed by atoms with Gasteiger partial charge < -0.3 is 10.0 Å². The monoisotopic (exact) mass is 348 g/mol. The zero-order valence-corrected chi connectivity index (χ0v) is 14.4. The quantitative estimate of drug-likeness (QED) is 0.803. The van der Waals surface area contributed by atoms with E-state index < -0.39 is 16.0 Å². The summed E-state index contributed by atoms with van der Waals surface area (Å²) in [5.41, 5.74) is 1.90. The van der Waals surface area contributed by atoms with E-state index in [1.807, 2.05) is 42.2 Å². The summed E-state index contributed by atoms with van der Waals surface area (Å²) in [4.78, 5) is 13.5. The lowest BCUT2D eigenvalue weighted by atomic mass is 10.1. The maximum absolute atomic E-state index is 11.6. The Morgan fingerprint density at radius 2 is 1.83 bits per heavy atom. The largest absolute Gasteiger partial charge is 0.478 e. The number of hydrogen-bond acceptors (Lipinski definition) is 4. The number of carboxylic acid groups (broad SMARTS) is 1. The van der Waals surface area contributed by atoms with Crippen molar-refractivity contribution in [2.75, 3.05) is 22.4 Å². The third-order valence-electron chi connectivity index (χ3n) is 3.47. The molecule has 2 N–H and O–H groups in total. The van der Waals surface area contributed by atoms with E-state index in [4.69, 9.17) is 0 Å². The van der Waals surface area contributed by atoms with Gasteiger partial charge in [0.15, 0.2) is 0 Å². The van der Waals surface area contributed by atoms with Crippen LogP contribution in [-0.4, -0.2) is 32.3 Å². The summed E-state index contributed by atoms with van der Waals surface area (Å²) < 4.78 is 25.0. The van der Waals surface area contributed by atoms with Gasteiger partial charge in [-0.05, 0) is 30.7 Å². The predicted molar refractivity (Wildman–Crippen MR) is 95.0 cm³/mol. The smallest absolute Gasteiger partial charge is 0.337 e. The van der Waals surface area contributed by atoms with Crippen LogP contribution >= 0.6 is 0 Å². The van der Waals surface area contributed by atoms with Crippen molar-refractivity contribution in [2.45, 2.75) is 13.5 Å². The van der Waals surface area contributed by atoms with Gasteiger partial charge in [0.25, 0.3) is 0 Å². The molecule has 0 amide bonds. The highest BCUT2D eigenvalue weighted by molar-refractivity contribution is 7.92. The van der Waals surface area contributed by atoms with Gasteiger partial charge in [-0.25, -0.2) is 13.2 Å². The molecule has 6 nitrogen and oxygen atoms in total. The number of aromatic carboxylic acids is 1. The number of rotatable bonds is 7. The van der Waals surface area contributed by atoms with Gasteiger partial charge >= 0.3 is 5.97 Å². The molecule has 0 spiro atoms. The van der Waals surface area contributed by atoms with Crippen LogP contribution in [0.1, 0.15) is 22.8 Å². The van der Waals surface area contributed by atoms with Crippen molar-refractivity contribution in [3.8, 4) is 0 Å². The Morgan fingerprint density at radius 1 is 1.17 bits per heavy atom. The first-order chi connectivity index (χ1) is 11.3. The van der Waals surface area contributed by atoms with Gasteiger partial charge in [0.05, 0.1) is 17.5 Å². The highest BCUT2D eigenvalue weighted by atomic mass is 32.2. The van der Waals surface area contributed by atoms with Crippen molar-refractivity contribution in [1.82, 2.24) is 0 Å². The van der Waals surface area contributed by atoms with Crippen LogP contribution in [0.2, 0.25) is 0 Å². The van der Waals surface area contributed by atoms with Crippen LogP contribution in [0, 0.1) is 0 Å². The number of carbonyl (C=O) groups is 1. The molecule has 128 valence electrons. The molecular formula is C17H20N2O4S. The molecule has 0 aliphatic rings. The van der Waals surface area contributed by atoms with E-state index in [0.717, 1.165) is 11.8 Å². The summed E-state index contributed by atoms with van der Waals surface area (Å²) >= 11 is 0. The normalized spacial score (nSPS) is 11.1. The zero-order valence-electron chi connectivity index (χ0n) is 13.6. The number of nitrogens with one attached hydrogen (secondary N) is 1. The molecule has 0 aliphatic heterocycles. The fourth-order valence-corrected chi connectivity index (χ4v) is 2.99. The minimum atomic E-state index is -3.46. The standard InChI is InChI=1S/C17H20N2O4S/c1-3-19(12-13-7-5-4-6-8-13)16-10-9-14(18-24(2,22)23)11-15(16)17(20)21/h4-11,18H,3,12H2,1-2H3,(H,20,21). The number of carboxylic acids is 1. The van der Waals surface area contributed by atoms with E-state index in [2.05, 4.69) is 4.72 Å². The van der Waals surface area contributed by atoms with Crippen molar-refractivity contribution in [2.24, 2.45) is 0 Å². The molecule has 0 bridgehead atoms. The minimum Gasteiger partial charge on any atom is -0.478 e. The molecular weight excluding hydrogens is 328 g/mol. The Labute approximate surface area is 141 Å². The summed E-state index contributed by atoms with van der Waals surface area (Å²) in [6, 6.07) is 14.3. The van der Waals surface area contributed by atoms with Crippen molar-refractivity contribution < 1.29 is 18.3 Å². The van der Waals surface area contributed by atoms with Crippen molar-refractivity contribution in [3.05, 3.63) is 59.7 Å². The van der Waals surface area contributed by atoms with E-state index >= 15 is 0 Å². The van der Waals surface area contributed by atoms with E-state index in [1.165, 1.54) is 6.07 Å². The van der Waals surface area contributed by atoms with Crippen LogP contribution in [-0.2, 0) is 16.6 Å². The van der Waals surface area contributed by atoms with Gasteiger partial charge in [-0.15, -0.1) is 0 Å². The van der Waals surface area contributed by atoms with E-state index in [9.17, 15) is 18.3 Å². The number of benzene rings is 2. The molecule has 24 heavy (non-hydrogen) atoms. The topological polar surface area (TPSA) is 86.7 Å². The van der Waals surface area contributed by atoms with Crippen LogP contribution in [0.3, 0.4) is 0 Å². The Bertz CT molecular complexity index is 820. The van der Waals surface area contributed by atoms with Crippen LogP contribution < -0.4 is 9.62 Å². The van der Waals surface area contributed by atoms with Crippen LogP contribution in [0.5, 0.6) is 0 Å². The first kappa shape index (κ1) is 17.8. The highest BCUT2D eigenvalue weighted by Gasteiger charge is 2.17. The molecule has 0 aliphatic carbocycles. The molecule has 0 atom stereocenters. The number of nitrogens with zero attached hydrogens (tertiary/aromatic N) is 1. The molecule has 2 aromatic carbocycles. The predicted octanol–water partition coefficient (Wildman–Crippen LogP) is 2.78. The van der Waals surface area contributed by atoms with Gasteiger partial charge in [0.1, 0.15) is 0 Å². The van der Waals surface area contributed by atoms with Gasteiger partial charge in [-0.3, -0.25) is 4.72 Å². The molecule has 0 fully saturated rings. The number of sulfonamides is 1. The maximum atomic E-state index is 11.6.